The van der Waals surface area contributed by atoms with Crippen LogP contribution in [0.1, 0.15) is 44.9 Å². The second-order valence-corrected chi connectivity index (χ2v) is 7.79. The summed E-state index contributed by atoms with van der Waals surface area (Å²) < 4.78 is 23.4. The molecule has 112 valence electrons. The second-order valence-electron chi connectivity index (χ2n) is 5.37. The smallest absolute Gasteiger partial charge is 0.238 e. The van der Waals surface area contributed by atoms with Gasteiger partial charge in [-0.15, -0.1) is 0 Å². The number of hydrogen-bond donors (Lipinski definition) is 2. The largest absolute Gasteiger partial charge is 0.381 e. The highest BCUT2D eigenvalue weighted by molar-refractivity contribution is 9.10. The average Bonchev–Trinajstić information content (AvgIpc) is 2.33. The van der Waals surface area contributed by atoms with Crippen molar-refractivity contribution in [1.29, 1.82) is 0 Å². The topological polar surface area (TPSA) is 72.2 Å². The molecule has 0 bridgehead atoms. The van der Waals surface area contributed by atoms with Crippen molar-refractivity contribution < 1.29 is 8.42 Å². The van der Waals surface area contributed by atoms with Crippen LogP contribution in [0.3, 0.4) is 0 Å². The van der Waals surface area contributed by atoms with Crippen LogP contribution in [0.25, 0.3) is 0 Å². The van der Waals surface area contributed by atoms with E-state index in [1.54, 1.807) is 18.2 Å². The lowest BCUT2D eigenvalue weighted by atomic mass is 9.96. The number of rotatable bonds is 3. The van der Waals surface area contributed by atoms with Crippen LogP contribution < -0.4 is 10.5 Å². The summed E-state index contributed by atoms with van der Waals surface area (Å²) in [6.07, 6.45) is 8.81. The van der Waals surface area contributed by atoms with Gasteiger partial charge in [0.25, 0.3) is 0 Å². The number of hydrogen-bond acceptors (Lipinski definition) is 3. The fourth-order valence-electron chi connectivity index (χ4n) is 2.61. The van der Waals surface area contributed by atoms with E-state index in [0.717, 1.165) is 10.2 Å². The van der Waals surface area contributed by atoms with Crippen LogP contribution >= 0.6 is 15.9 Å². The van der Waals surface area contributed by atoms with Crippen molar-refractivity contribution in [2.24, 2.45) is 5.14 Å². The van der Waals surface area contributed by atoms with Gasteiger partial charge in [-0.25, -0.2) is 13.6 Å². The number of benzene rings is 1. The Morgan fingerprint density at radius 2 is 1.70 bits per heavy atom. The van der Waals surface area contributed by atoms with Crippen LogP contribution in [0.5, 0.6) is 0 Å². The molecule has 1 aliphatic carbocycles. The summed E-state index contributed by atoms with van der Waals surface area (Å²) in [6, 6.07) is 5.35. The van der Waals surface area contributed by atoms with Gasteiger partial charge in [-0.3, -0.25) is 0 Å². The van der Waals surface area contributed by atoms with Crippen LogP contribution in [0.15, 0.2) is 27.6 Å². The van der Waals surface area contributed by atoms with E-state index < -0.39 is 10.0 Å². The summed E-state index contributed by atoms with van der Waals surface area (Å²) in [5.74, 6) is 0. The molecule has 0 unspecified atom stereocenters. The third-order valence-corrected chi connectivity index (χ3v) is 5.30. The summed E-state index contributed by atoms with van der Waals surface area (Å²) in [6.45, 7) is 0. The van der Waals surface area contributed by atoms with Gasteiger partial charge in [0.05, 0.1) is 4.90 Å². The quantitative estimate of drug-likeness (QED) is 0.864. The molecule has 20 heavy (non-hydrogen) atoms. The van der Waals surface area contributed by atoms with Gasteiger partial charge in [0.15, 0.2) is 0 Å². The molecule has 0 aliphatic heterocycles. The maximum absolute atomic E-state index is 11.3. The maximum atomic E-state index is 11.3. The Morgan fingerprint density at radius 3 is 2.25 bits per heavy atom. The fraction of sp³-hybridized carbons (Fsp3) is 0.571. The molecule has 1 saturated carbocycles. The number of primary sulfonamides is 1. The number of nitrogens with two attached hydrogens (primary N) is 1. The molecule has 3 N–H and O–H groups in total. The summed E-state index contributed by atoms with van der Waals surface area (Å²) in [5.41, 5.74) is 0.933. The van der Waals surface area contributed by atoms with Crippen LogP contribution in [0.4, 0.5) is 5.69 Å². The molecule has 4 nitrogen and oxygen atoms in total. The van der Waals surface area contributed by atoms with E-state index in [1.165, 1.54) is 44.9 Å². The van der Waals surface area contributed by atoms with Crippen molar-refractivity contribution in [1.82, 2.24) is 0 Å². The van der Waals surface area contributed by atoms with Crippen LogP contribution in [-0.4, -0.2) is 14.5 Å². The second kappa shape index (κ2) is 6.91. The predicted octanol–water partition coefficient (Wildman–Crippen LogP) is 3.62. The molecule has 2 rings (SSSR count). The number of sulfonamides is 1. The molecule has 0 spiro atoms. The molecule has 0 radical (unpaired) electrons. The Labute approximate surface area is 129 Å². The first kappa shape index (κ1) is 15.8. The van der Waals surface area contributed by atoms with Gasteiger partial charge >= 0.3 is 0 Å². The van der Waals surface area contributed by atoms with Gasteiger partial charge in [0.1, 0.15) is 0 Å². The van der Waals surface area contributed by atoms with Crippen molar-refractivity contribution >= 4 is 31.6 Å². The first-order chi connectivity index (χ1) is 9.47. The molecular formula is C14H21BrN2O2S. The zero-order valence-corrected chi connectivity index (χ0v) is 13.8. The van der Waals surface area contributed by atoms with Gasteiger partial charge in [-0.2, -0.15) is 0 Å². The lowest BCUT2D eigenvalue weighted by Crippen LogP contribution is -2.21. The Morgan fingerprint density at radius 1 is 1.10 bits per heavy atom. The number of halogens is 1. The minimum Gasteiger partial charge on any atom is -0.381 e. The number of nitrogens with one attached hydrogen (secondary N) is 1. The van der Waals surface area contributed by atoms with Crippen molar-refractivity contribution in [2.45, 2.75) is 55.9 Å². The molecular weight excluding hydrogens is 340 g/mol. The van der Waals surface area contributed by atoms with Gasteiger partial charge in [0, 0.05) is 16.2 Å². The standard InChI is InChI=1S/C14H21BrN2O2S/c15-13-10-12(20(16,18)19)8-9-14(13)17-11-6-4-2-1-3-5-7-11/h8-11,17H,1-7H2,(H2,16,18,19). The molecule has 1 fully saturated rings. The van der Waals surface area contributed by atoms with Gasteiger partial charge in [-0.1, -0.05) is 32.1 Å². The molecule has 1 aliphatic rings. The molecule has 0 aromatic heterocycles. The zero-order chi connectivity index (χ0) is 14.6. The highest BCUT2D eigenvalue weighted by Crippen LogP contribution is 2.28. The van der Waals surface area contributed by atoms with Crippen LogP contribution in [0, 0.1) is 0 Å². The Bertz CT molecular complexity index is 552. The molecule has 0 amide bonds. The first-order valence-corrected chi connectivity index (χ1v) is 9.39. The molecule has 1 aromatic carbocycles. The highest BCUT2D eigenvalue weighted by atomic mass is 79.9. The Hall–Kier alpha value is -0.590. The third kappa shape index (κ3) is 4.46. The Balaban J connectivity index is 2.09. The van der Waals surface area contributed by atoms with E-state index >= 15 is 0 Å². The van der Waals surface area contributed by atoms with E-state index in [0.29, 0.717) is 6.04 Å². The van der Waals surface area contributed by atoms with E-state index in [-0.39, 0.29) is 4.90 Å². The third-order valence-electron chi connectivity index (χ3n) is 3.73. The van der Waals surface area contributed by atoms with Gasteiger partial charge < -0.3 is 5.32 Å². The normalized spacial score (nSPS) is 18.3. The molecule has 0 atom stereocenters. The highest BCUT2D eigenvalue weighted by Gasteiger charge is 2.14. The minimum atomic E-state index is -3.64. The van der Waals surface area contributed by atoms with Crippen LogP contribution in [0.2, 0.25) is 0 Å². The first-order valence-electron chi connectivity index (χ1n) is 7.06. The van der Waals surface area contributed by atoms with Crippen molar-refractivity contribution in [3.8, 4) is 0 Å². The van der Waals surface area contributed by atoms with Crippen molar-refractivity contribution in [3.05, 3.63) is 22.7 Å². The Kier molecular flexibility index (Phi) is 5.46. The predicted molar refractivity (Wildman–Crippen MR) is 85.2 cm³/mol. The summed E-state index contributed by atoms with van der Waals surface area (Å²) in [7, 11) is -3.64. The van der Waals surface area contributed by atoms with Crippen molar-refractivity contribution in [3.63, 3.8) is 0 Å². The SMILES string of the molecule is NS(=O)(=O)c1ccc(NC2CCCCCCC2)c(Br)c1. The maximum Gasteiger partial charge on any atom is 0.238 e. The van der Waals surface area contributed by atoms with Gasteiger partial charge in [0.2, 0.25) is 10.0 Å². The summed E-state index contributed by atoms with van der Waals surface area (Å²) in [5, 5.41) is 8.64. The molecule has 0 heterocycles. The lowest BCUT2D eigenvalue weighted by molar-refractivity contribution is 0.471. The summed E-state index contributed by atoms with van der Waals surface area (Å²) >= 11 is 3.42. The van der Waals surface area contributed by atoms with Crippen LogP contribution in [-0.2, 0) is 10.0 Å². The molecule has 6 heteroatoms. The monoisotopic (exact) mass is 360 g/mol. The fourth-order valence-corrected chi connectivity index (χ4v) is 3.79. The molecule has 1 aromatic rings. The van der Waals surface area contributed by atoms with E-state index in [2.05, 4.69) is 21.2 Å². The minimum absolute atomic E-state index is 0.132. The van der Waals surface area contributed by atoms with E-state index in [1.807, 2.05) is 0 Å². The average molecular weight is 361 g/mol. The zero-order valence-electron chi connectivity index (χ0n) is 11.4. The van der Waals surface area contributed by atoms with E-state index in [9.17, 15) is 8.42 Å². The summed E-state index contributed by atoms with van der Waals surface area (Å²) in [4.78, 5) is 0.132. The molecule has 0 saturated heterocycles. The van der Waals surface area contributed by atoms with E-state index in [4.69, 9.17) is 5.14 Å². The number of anilines is 1. The lowest BCUT2D eigenvalue weighted by Gasteiger charge is -2.23. The van der Waals surface area contributed by atoms with Gasteiger partial charge in [-0.05, 0) is 47.0 Å². The van der Waals surface area contributed by atoms with Crippen molar-refractivity contribution in [2.75, 3.05) is 5.32 Å².